The molecule has 0 heterocycles. The van der Waals surface area contributed by atoms with Gasteiger partial charge in [0.15, 0.2) is 0 Å². The monoisotopic (exact) mass is 241 g/mol. The molecule has 0 aromatic carbocycles. The summed E-state index contributed by atoms with van der Waals surface area (Å²) in [5, 5.41) is 9.55. The zero-order valence-corrected chi connectivity index (χ0v) is 11.7. The van der Waals surface area contributed by atoms with Crippen LogP contribution >= 0.6 is 0 Å². The lowest BCUT2D eigenvalue weighted by Gasteiger charge is -2.44. The zero-order chi connectivity index (χ0) is 13.1. The van der Waals surface area contributed by atoms with Gasteiger partial charge in [0, 0.05) is 6.04 Å². The molecular weight excluding hydrogens is 214 g/mol. The summed E-state index contributed by atoms with van der Waals surface area (Å²) in [4.78, 5) is 13.8. The fraction of sp³-hybridized carbons (Fsp3) is 0.929. The smallest absolute Gasteiger partial charge is 0.324 e. The van der Waals surface area contributed by atoms with Gasteiger partial charge in [0.25, 0.3) is 0 Å². The Balaban J connectivity index is 2.83. The standard InChI is InChI=1S/C14H27NO2/c1-5-14(6-2,13(16)17)15(4)12-9-7-8-11(3)10-12/h11-12H,5-10H2,1-4H3,(H,16,17). The fourth-order valence-electron chi connectivity index (χ4n) is 3.31. The predicted molar refractivity (Wildman–Crippen MR) is 70.1 cm³/mol. The lowest BCUT2D eigenvalue weighted by molar-refractivity contribution is -0.154. The van der Waals surface area contributed by atoms with Gasteiger partial charge >= 0.3 is 5.97 Å². The number of hydrogen-bond donors (Lipinski definition) is 1. The van der Waals surface area contributed by atoms with Crippen molar-refractivity contribution in [2.24, 2.45) is 5.92 Å². The SMILES string of the molecule is CCC(CC)(C(=O)O)N(C)C1CCCC(C)C1. The molecule has 3 heteroatoms. The van der Waals surface area contributed by atoms with Crippen LogP contribution in [0, 0.1) is 5.92 Å². The lowest BCUT2D eigenvalue weighted by atomic mass is 9.82. The van der Waals surface area contributed by atoms with Crippen LogP contribution in [0.4, 0.5) is 0 Å². The van der Waals surface area contributed by atoms with E-state index in [1.807, 2.05) is 20.9 Å². The first-order chi connectivity index (χ1) is 7.97. The van der Waals surface area contributed by atoms with E-state index in [2.05, 4.69) is 11.8 Å². The molecule has 0 spiro atoms. The van der Waals surface area contributed by atoms with Crippen molar-refractivity contribution in [3.05, 3.63) is 0 Å². The molecule has 17 heavy (non-hydrogen) atoms. The Morgan fingerprint density at radius 2 is 1.94 bits per heavy atom. The second-order valence-electron chi connectivity index (χ2n) is 5.58. The second kappa shape index (κ2) is 5.85. The maximum absolute atomic E-state index is 11.6. The van der Waals surface area contributed by atoms with Crippen LogP contribution < -0.4 is 0 Å². The van der Waals surface area contributed by atoms with E-state index in [0.717, 1.165) is 18.8 Å². The number of aliphatic carboxylic acids is 1. The summed E-state index contributed by atoms with van der Waals surface area (Å²) in [5.74, 6) is 0.0691. The molecule has 0 aliphatic heterocycles. The average Bonchev–Trinajstić information content (AvgIpc) is 2.30. The molecule has 1 fully saturated rings. The summed E-state index contributed by atoms with van der Waals surface area (Å²) in [5.41, 5.74) is -0.665. The highest BCUT2D eigenvalue weighted by atomic mass is 16.4. The van der Waals surface area contributed by atoms with E-state index < -0.39 is 11.5 Å². The topological polar surface area (TPSA) is 40.5 Å². The Hall–Kier alpha value is -0.570. The van der Waals surface area contributed by atoms with E-state index in [1.165, 1.54) is 12.8 Å². The first kappa shape index (κ1) is 14.5. The molecule has 0 bridgehead atoms. The van der Waals surface area contributed by atoms with Crippen LogP contribution in [-0.4, -0.2) is 34.6 Å². The molecule has 1 saturated carbocycles. The molecule has 1 rings (SSSR count). The highest BCUT2D eigenvalue weighted by molar-refractivity contribution is 5.78. The lowest BCUT2D eigenvalue weighted by Crippen LogP contribution is -2.56. The van der Waals surface area contributed by atoms with Gasteiger partial charge < -0.3 is 5.11 Å². The first-order valence-electron chi connectivity index (χ1n) is 6.94. The first-order valence-corrected chi connectivity index (χ1v) is 6.94. The molecule has 0 aromatic rings. The Labute approximate surface area is 105 Å². The van der Waals surface area contributed by atoms with Gasteiger partial charge in [-0.1, -0.05) is 33.6 Å². The van der Waals surface area contributed by atoms with Crippen LogP contribution in [0.5, 0.6) is 0 Å². The minimum absolute atomic E-state index is 0.440. The number of carbonyl (C=O) groups is 1. The summed E-state index contributed by atoms with van der Waals surface area (Å²) in [6.45, 7) is 6.25. The third-order valence-corrected chi connectivity index (χ3v) is 4.70. The van der Waals surface area contributed by atoms with Crippen molar-refractivity contribution in [2.75, 3.05) is 7.05 Å². The molecule has 3 nitrogen and oxygen atoms in total. The van der Waals surface area contributed by atoms with Gasteiger partial charge in [-0.25, -0.2) is 0 Å². The van der Waals surface area contributed by atoms with Gasteiger partial charge in [0.05, 0.1) is 0 Å². The molecule has 100 valence electrons. The molecule has 2 atom stereocenters. The normalized spacial score (nSPS) is 26.2. The van der Waals surface area contributed by atoms with Crippen LogP contribution in [0.25, 0.3) is 0 Å². The van der Waals surface area contributed by atoms with Crippen LogP contribution in [0.15, 0.2) is 0 Å². The summed E-state index contributed by atoms with van der Waals surface area (Å²) in [7, 11) is 2.00. The van der Waals surface area contributed by atoms with Gasteiger partial charge in [-0.05, 0) is 38.6 Å². The molecule has 1 aliphatic rings. The number of carboxylic acid groups (broad SMARTS) is 1. The molecule has 0 amide bonds. The molecular formula is C14H27NO2. The van der Waals surface area contributed by atoms with Gasteiger partial charge in [-0.2, -0.15) is 0 Å². The number of rotatable bonds is 5. The maximum Gasteiger partial charge on any atom is 0.324 e. The number of carboxylic acids is 1. The minimum atomic E-state index is -0.665. The van der Waals surface area contributed by atoms with Gasteiger partial charge in [0.1, 0.15) is 5.54 Å². The van der Waals surface area contributed by atoms with E-state index in [0.29, 0.717) is 18.9 Å². The van der Waals surface area contributed by atoms with Crippen molar-refractivity contribution in [3.63, 3.8) is 0 Å². The van der Waals surface area contributed by atoms with Crippen LogP contribution in [0.3, 0.4) is 0 Å². The van der Waals surface area contributed by atoms with Crippen molar-refractivity contribution >= 4 is 5.97 Å². The maximum atomic E-state index is 11.6. The highest BCUT2D eigenvalue weighted by Crippen LogP contribution is 2.33. The Morgan fingerprint density at radius 3 is 2.35 bits per heavy atom. The average molecular weight is 241 g/mol. The Morgan fingerprint density at radius 1 is 1.35 bits per heavy atom. The molecule has 1 aliphatic carbocycles. The van der Waals surface area contributed by atoms with E-state index >= 15 is 0 Å². The number of hydrogen-bond acceptors (Lipinski definition) is 2. The predicted octanol–water partition coefficient (Wildman–Crippen LogP) is 3.14. The van der Waals surface area contributed by atoms with Crippen LogP contribution in [0.2, 0.25) is 0 Å². The van der Waals surface area contributed by atoms with E-state index in [9.17, 15) is 9.90 Å². The largest absolute Gasteiger partial charge is 0.480 e. The van der Waals surface area contributed by atoms with Gasteiger partial charge in [-0.3, -0.25) is 9.69 Å². The quantitative estimate of drug-likeness (QED) is 0.804. The summed E-state index contributed by atoms with van der Waals surface area (Å²) in [6, 6.07) is 0.440. The van der Waals surface area contributed by atoms with Crippen LogP contribution in [-0.2, 0) is 4.79 Å². The molecule has 0 radical (unpaired) electrons. The number of likely N-dealkylation sites (N-methyl/N-ethyl adjacent to an activating group) is 1. The van der Waals surface area contributed by atoms with Crippen molar-refractivity contribution in [3.8, 4) is 0 Å². The van der Waals surface area contributed by atoms with Gasteiger partial charge in [-0.15, -0.1) is 0 Å². The fourth-order valence-corrected chi connectivity index (χ4v) is 3.31. The Kier molecular flexibility index (Phi) is 4.99. The summed E-state index contributed by atoms with van der Waals surface area (Å²) in [6.07, 6.45) is 6.18. The van der Waals surface area contributed by atoms with E-state index in [1.54, 1.807) is 0 Å². The second-order valence-corrected chi connectivity index (χ2v) is 5.58. The Bertz CT molecular complexity index is 261. The molecule has 1 N–H and O–H groups in total. The van der Waals surface area contributed by atoms with Gasteiger partial charge in [0.2, 0.25) is 0 Å². The summed E-state index contributed by atoms with van der Waals surface area (Å²) < 4.78 is 0. The zero-order valence-electron chi connectivity index (χ0n) is 11.7. The van der Waals surface area contributed by atoms with Crippen molar-refractivity contribution in [2.45, 2.75) is 70.9 Å². The van der Waals surface area contributed by atoms with Crippen LogP contribution in [0.1, 0.15) is 59.3 Å². The third kappa shape index (κ3) is 2.82. The summed E-state index contributed by atoms with van der Waals surface area (Å²) >= 11 is 0. The highest BCUT2D eigenvalue weighted by Gasteiger charge is 2.42. The molecule has 2 unspecified atom stereocenters. The van der Waals surface area contributed by atoms with E-state index in [-0.39, 0.29) is 0 Å². The number of nitrogens with zero attached hydrogens (tertiary/aromatic N) is 1. The van der Waals surface area contributed by atoms with Crippen molar-refractivity contribution in [1.82, 2.24) is 4.90 Å². The molecule has 0 aromatic heterocycles. The van der Waals surface area contributed by atoms with Crippen molar-refractivity contribution < 1.29 is 9.90 Å². The minimum Gasteiger partial charge on any atom is -0.480 e. The van der Waals surface area contributed by atoms with E-state index in [4.69, 9.17) is 0 Å². The molecule has 0 saturated heterocycles. The van der Waals surface area contributed by atoms with Crippen molar-refractivity contribution in [1.29, 1.82) is 0 Å². The third-order valence-electron chi connectivity index (χ3n) is 4.70.